The smallest absolute Gasteiger partial charge is 0.160 e. The highest BCUT2D eigenvalue weighted by atomic mass is 15.1. The molecule has 0 bridgehead atoms. The summed E-state index contributed by atoms with van der Waals surface area (Å²) < 4.78 is 0. The molecule has 0 fully saturated rings. The molecule has 4 heteroatoms. The monoisotopic (exact) mass is 778 g/mol. The maximum absolute atomic E-state index is 5.63. The van der Waals surface area contributed by atoms with Crippen molar-refractivity contribution >= 4 is 49.5 Å². The van der Waals surface area contributed by atoms with E-state index in [2.05, 4.69) is 223 Å². The van der Waals surface area contributed by atoms with Crippen LogP contribution >= 0.6 is 0 Å². The Morgan fingerprint density at radius 2 is 0.836 bits per heavy atom. The topological polar surface area (TPSA) is 41.9 Å². The van der Waals surface area contributed by atoms with E-state index in [0.717, 1.165) is 94.4 Å². The Morgan fingerprint density at radius 3 is 1.49 bits per heavy atom. The third-order valence-corrected chi connectivity index (χ3v) is 11.4. The Morgan fingerprint density at radius 1 is 0.311 bits per heavy atom. The summed E-state index contributed by atoms with van der Waals surface area (Å²) in [5, 5.41) is 5.56. The summed E-state index contributed by atoms with van der Waals surface area (Å²) in [5.41, 5.74) is 13.0. The fraction of sp³-hybridized carbons (Fsp3) is 0. The molecule has 0 N–H and O–H groups in total. The molecule has 0 aliphatic rings. The number of pyridine rings is 1. The zero-order valence-electron chi connectivity index (χ0n) is 33.2. The van der Waals surface area contributed by atoms with E-state index in [1.54, 1.807) is 0 Å². The van der Waals surface area contributed by atoms with Crippen molar-refractivity contribution in [3.8, 4) is 56.3 Å². The molecule has 0 saturated carbocycles. The van der Waals surface area contributed by atoms with Gasteiger partial charge in [-0.25, -0.2) is 15.0 Å². The molecule has 11 aromatic rings. The molecule has 0 unspecified atom stereocenters. The Balaban J connectivity index is 1.19. The lowest BCUT2D eigenvalue weighted by molar-refractivity contribution is 1.19. The molecule has 4 nitrogen and oxygen atoms in total. The molecule has 0 atom stereocenters. The van der Waals surface area contributed by atoms with Crippen LogP contribution in [0.5, 0.6) is 0 Å². The number of fused-ring (bicyclic) bond motifs is 5. The lowest BCUT2D eigenvalue weighted by Gasteiger charge is -2.26. The summed E-state index contributed by atoms with van der Waals surface area (Å²) in [7, 11) is 0. The lowest BCUT2D eigenvalue weighted by atomic mass is 9.90. The van der Waals surface area contributed by atoms with Crippen molar-refractivity contribution < 1.29 is 0 Å². The quantitative estimate of drug-likeness (QED) is 0.144. The molecule has 2 aromatic heterocycles. The van der Waals surface area contributed by atoms with Crippen LogP contribution in [0.4, 0.5) is 17.1 Å². The Labute approximate surface area is 354 Å². The van der Waals surface area contributed by atoms with E-state index >= 15 is 0 Å². The predicted octanol–water partition coefficient (Wildman–Crippen LogP) is 15.1. The van der Waals surface area contributed by atoms with Crippen LogP contribution in [0, 0.1) is 0 Å². The number of aromatic nitrogens is 3. The minimum Gasteiger partial charge on any atom is -0.310 e. The molecule has 0 amide bonds. The normalized spacial score (nSPS) is 11.3. The molecular formula is C57H38N4. The van der Waals surface area contributed by atoms with Gasteiger partial charge < -0.3 is 4.90 Å². The third kappa shape index (κ3) is 6.76. The molecule has 61 heavy (non-hydrogen) atoms. The van der Waals surface area contributed by atoms with Gasteiger partial charge in [0.1, 0.15) is 0 Å². The number of benzene rings is 9. The zero-order chi connectivity index (χ0) is 40.5. The second-order valence-electron chi connectivity index (χ2n) is 15.2. The second-order valence-corrected chi connectivity index (χ2v) is 15.2. The van der Waals surface area contributed by atoms with Gasteiger partial charge in [0.15, 0.2) is 5.82 Å². The average molecular weight is 779 g/mol. The first kappa shape index (κ1) is 35.9. The molecule has 0 saturated heterocycles. The summed E-state index contributed by atoms with van der Waals surface area (Å²) >= 11 is 0. The van der Waals surface area contributed by atoms with E-state index < -0.39 is 0 Å². The van der Waals surface area contributed by atoms with Gasteiger partial charge in [-0.1, -0.05) is 182 Å². The second kappa shape index (κ2) is 15.5. The molecule has 0 aliphatic carbocycles. The van der Waals surface area contributed by atoms with Crippen molar-refractivity contribution in [2.75, 3.05) is 4.90 Å². The van der Waals surface area contributed by atoms with Crippen molar-refractivity contribution in [3.05, 3.63) is 231 Å². The van der Waals surface area contributed by atoms with E-state index in [1.165, 1.54) is 5.56 Å². The van der Waals surface area contributed by atoms with E-state index in [0.29, 0.717) is 5.82 Å². The van der Waals surface area contributed by atoms with Crippen LogP contribution in [0.25, 0.3) is 88.7 Å². The van der Waals surface area contributed by atoms with Crippen molar-refractivity contribution in [2.45, 2.75) is 0 Å². The standard InChI is InChI=1S/C57H38N4/c1-6-18-39(19-7-1)40-30-32-43(33-31-40)57-59-51(41-20-8-2-9-21-41)38-53(60-57)50-36-44-24-16-17-29-48(44)54-49-35-34-47(37-52(49)58-56(55(50)54)42-22-10-3-11-23-42)61(45-25-12-4-13-26-45)46-27-14-5-15-28-46/h1-38H. The molecule has 9 aromatic carbocycles. The number of para-hydroxylation sites is 2. The summed E-state index contributed by atoms with van der Waals surface area (Å²) in [4.78, 5) is 18.6. The number of rotatable bonds is 8. The van der Waals surface area contributed by atoms with Gasteiger partial charge in [-0.15, -0.1) is 0 Å². The van der Waals surface area contributed by atoms with Gasteiger partial charge in [0.2, 0.25) is 0 Å². The summed E-state index contributed by atoms with van der Waals surface area (Å²) in [6, 6.07) is 80.8. The van der Waals surface area contributed by atoms with E-state index in [9.17, 15) is 0 Å². The highest BCUT2D eigenvalue weighted by molar-refractivity contribution is 6.26. The van der Waals surface area contributed by atoms with Crippen LogP contribution in [0.1, 0.15) is 0 Å². The minimum absolute atomic E-state index is 0.666. The van der Waals surface area contributed by atoms with Crippen LogP contribution < -0.4 is 4.90 Å². The molecule has 286 valence electrons. The number of nitrogens with zero attached hydrogens (tertiary/aromatic N) is 4. The van der Waals surface area contributed by atoms with Gasteiger partial charge >= 0.3 is 0 Å². The number of hydrogen-bond donors (Lipinski definition) is 0. The van der Waals surface area contributed by atoms with Crippen molar-refractivity contribution in [1.29, 1.82) is 0 Å². The van der Waals surface area contributed by atoms with Gasteiger partial charge in [-0.2, -0.15) is 0 Å². The fourth-order valence-electron chi connectivity index (χ4n) is 8.53. The van der Waals surface area contributed by atoms with Gasteiger partial charge in [0, 0.05) is 55.5 Å². The highest BCUT2D eigenvalue weighted by Gasteiger charge is 2.22. The van der Waals surface area contributed by atoms with Gasteiger partial charge in [0.25, 0.3) is 0 Å². The molecule has 0 spiro atoms. The maximum Gasteiger partial charge on any atom is 0.160 e. The molecule has 11 rings (SSSR count). The largest absolute Gasteiger partial charge is 0.310 e. The molecule has 0 radical (unpaired) electrons. The van der Waals surface area contributed by atoms with E-state index in [1.807, 2.05) is 12.1 Å². The Kier molecular flexibility index (Phi) is 9.14. The minimum atomic E-state index is 0.666. The molecule has 2 heterocycles. The third-order valence-electron chi connectivity index (χ3n) is 11.4. The van der Waals surface area contributed by atoms with Gasteiger partial charge in [-0.05, 0) is 70.4 Å². The maximum atomic E-state index is 5.63. The zero-order valence-corrected chi connectivity index (χ0v) is 33.2. The highest BCUT2D eigenvalue weighted by Crippen LogP contribution is 2.45. The van der Waals surface area contributed by atoms with Crippen molar-refractivity contribution in [1.82, 2.24) is 15.0 Å². The van der Waals surface area contributed by atoms with Crippen LogP contribution in [0.2, 0.25) is 0 Å². The van der Waals surface area contributed by atoms with Gasteiger partial charge in [0.05, 0.1) is 22.6 Å². The average Bonchev–Trinajstić information content (AvgIpc) is 3.35. The van der Waals surface area contributed by atoms with E-state index in [-0.39, 0.29) is 0 Å². The van der Waals surface area contributed by atoms with E-state index in [4.69, 9.17) is 15.0 Å². The number of hydrogen-bond acceptors (Lipinski definition) is 4. The van der Waals surface area contributed by atoms with Crippen LogP contribution in [-0.2, 0) is 0 Å². The molecule has 0 aliphatic heterocycles. The van der Waals surface area contributed by atoms with Crippen LogP contribution in [0.3, 0.4) is 0 Å². The lowest BCUT2D eigenvalue weighted by Crippen LogP contribution is -2.09. The van der Waals surface area contributed by atoms with Crippen LogP contribution in [0.15, 0.2) is 231 Å². The Bertz CT molecular complexity index is 3280. The van der Waals surface area contributed by atoms with Gasteiger partial charge in [-0.3, -0.25) is 0 Å². The fourth-order valence-corrected chi connectivity index (χ4v) is 8.53. The summed E-state index contributed by atoms with van der Waals surface area (Å²) in [6.45, 7) is 0. The predicted molar refractivity (Wildman–Crippen MR) is 254 cm³/mol. The van der Waals surface area contributed by atoms with Crippen molar-refractivity contribution in [3.63, 3.8) is 0 Å². The Hall–Kier alpha value is -8.21. The first-order chi connectivity index (χ1) is 30.2. The summed E-state index contributed by atoms with van der Waals surface area (Å²) in [5.74, 6) is 0.666. The first-order valence-electron chi connectivity index (χ1n) is 20.6. The molecular weight excluding hydrogens is 741 g/mol. The van der Waals surface area contributed by atoms with Crippen LogP contribution in [-0.4, -0.2) is 15.0 Å². The van der Waals surface area contributed by atoms with Crippen molar-refractivity contribution in [2.24, 2.45) is 0 Å². The number of anilines is 3. The SMILES string of the molecule is c1ccc(-c2ccc(-c3nc(-c4ccccc4)cc(-c4cc5ccccc5c5c4c(-c4ccccc4)nc4cc(N(c6ccccc6)c6ccccc6)ccc45)n3)cc2)cc1. The summed E-state index contributed by atoms with van der Waals surface area (Å²) in [6.07, 6.45) is 0. The first-order valence-corrected chi connectivity index (χ1v) is 20.6.